The SMILES string of the molecule is Cc1c(-c2ccccc2)cccc1-c1ccc(C(F)(F)F)cc1. The smallest absolute Gasteiger partial charge is 0.166 e. The van der Waals surface area contributed by atoms with Gasteiger partial charge < -0.3 is 0 Å². The Bertz CT molecular complexity index is 801. The average molecular weight is 312 g/mol. The molecule has 0 unspecified atom stereocenters. The zero-order chi connectivity index (χ0) is 16.4. The lowest BCUT2D eigenvalue weighted by Gasteiger charge is -2.13. The van der Waals surface area contributed by atoms with Crippen LogP contribution in [0.4, 0.5) is 13.2 Å². The first kappa shape index (κ1) is 15.3. The highest BCUT2D eigenvalue weighted by Crippen LogP contribution is 2.34. The van der Waals surface area contributed by atoms with Crippen molar-refractivity contribution in [1.29, 1.82) is 0 Å². The predicted octanol–water partition coefficient (Wildman–Crippen LogP) is 6.35. The summed E-state index contributed by atoms with van der Waals surface area (Å²) in [5.74, 6) is 0. The maximum absolute atomic E-state index is 12.7. The summed E-state index contributed by atoms with van der Waals surface area (Å²) in [5, 5.41) is 0. The number of benzene rings is 3. The second kappa shape index (κ2) is 5.92. The summed E-state index contributed by atoms with van der Waals surface area (Å²) in [6, 6.07) is 21.2. The van der Waals surface area contributed by atoms with E-state index in [1.54, 1.807) is 0 Å². The van der Waals surface area contributed by atoms with Gasteiger partial charge in [-0.2, -0.15) is 13.2 Å². The van der Waals surface area contributed by atoms with Gasteiger partial charge in [0.2, 0.25) is 0 Å². The van der Waals surface area contributed by atoms with Crippen molar-refractivity contribution in [2.75, 3.05) is 0 Å². The summed E-state index contributed by atoms with van der Waals surface area (Å²) in [6.45, 7) is 2.00. The lowest BCUT2D eigenvalue weighted by molar-refractivity contribution is -0.137. The Balaban J connectivity index is 2.04. The molecule has 0 aliphatic heterocycles. The normalized spacial score (nSPS) is 11.5. The number of alkyl halides is 3. The molecule has 0 heterocycles. The molecule has 0 spiro atoms. The Morgan fingerprint density at radius 2 is 1.13 bits per heavy atom. The molecule has 3 aromatic rings. The van der Waals surface area contributed by atoms with Gasteiger partial charge in [-0.1, -0.05) is 60.7 Å². The molecule has 0 nitrogen and oxygen atoms in total. The molecule has 0 saturated heterocycles. The summed E-state index contributed by atoms with van der Waals surface area (Å²) in [6.07, 6.45) is -4.31. The van der Waals surface area contributed by atoms with Crippen molar-refractivity contribution in [3.8, 4) is 22.3 Å². The first-order valence-corrected chi connectivity index (χ1v) is 7.29. The van der Waals surface area contributed by atoms with Gasteiger partial charge in [-0.05, 0) is 46.9 Å². The van der Waals surface area contributed by atoms with Crippen LogP contribution in [-0.2, 0) is 6.18 Å². The highest BCUT2D eigenvalue weighted by molar-refractivity contribution is 5.78. The van der Waals surface area contributed by atoms with E-state index in [2.05, 4.69) is 0 Å². The van der Waals surface area contributed by atoms with Gasteiger partial charge >= 0.3 is 6.18 Å². The van der Waals surface area contributed by atoms with E-state index in [-0.39, 0.29) is 0 Å². The van der Waals surface area contributed by atoms with E-state index >= 15 is 0 Å². The van der Waals surface area contributed by atoms with Gasteiger partial charge in [0.25, 0.3) is 0 Å². The van der Waals surface area contributed by atoms with Crippen molar-refractivity contribution < 1.29 is 13.2 Å². The van der Waals surface area contributed by atoms with Gasteiger partial charge in [-0.15, -0.1) is 0 Å². The molecule has 3 rings (SSSR count). The minimum absolute atomic E-state index is 0.627. The van der Waals surface area contributed by atoms with Crippen LogP contribution >= 0.6 is 0 Å². The van der Waals surface area contributed by atoms with E-state index in [0.29, 0.717) is 0 Å². The van der Waals surface area contributed by atoms with Crippen LogP contribution in [0, 0.1) is 6.92 Å². The molecule has 0 saturated carbocycles. The highest BCUT2D eigenvalue weighted by atomic mass is 19.4. The van der Waals surface area contributed by atoms with Gasteiger partial charge in [-0.25, -0.2) is 0 Å². The summed E-state index contributed by atoms with van der Waals surface area (Å²) >= 11 is 0. The molecule has 3 heteroatoms. The van der Waals surface area contributed by atoms with Crippen molar-refractivity contribution in [1.82, 2.24) is 0 Å². The molecule has 116 valence electrons. The van der Waals surface area contributed by atoms with Gasteiger partial charge in [0.15, 0.2) is 0 Å². The molecule has 0 aromatic heterocycles. The summed E-state index contributed by atoms with van der Waals surface area (Å²) < 4.78 is 38.1. The summed E-state index contributed by atoms with van der Waals surface area (Å²) in [7, 11) is 0. The highest BCUT2D eigenvalue weighted by Gasteiger charge is 2.30. The van der Waals surface area contributed by atoms with Crippen molar-refractivity contribution in [3.05, 3.63) is 83.9 Å². The summed E-state index contributed by atoms with van der Waals surface area (Å²) in [5.41, 5.74) is 4.34. The third-order valence-corrected chi connectivity index (χ3v) is 3.94. The average Bonchev–Trinajstić information content (AvgIpc) is 2.55. The molecule has 23 heavy (non-hydrogen) atoms. The standard InChI is InChI=1S/C20H15F3/c1-14-18(15-6-3-2-4-7-15)8-5-9-19(14)16-10-12-17(13-11-16)20(21,22)23/h2-13H,1H3. The quantitative estimate of drug-likeness (QED) is 0.517. The van der Waals surface area contributed by atoms with Crippen LogP contribution in [0.1, 0.15) is 11.1 Å². The third kappa shape index (κ3) is 3.14. The molecule has 0 aliphatic rings. The van der Waals surface area contributed by atoms with Crippen molar-refractivity contribution in [2.24, 2.45) is 0 Å². The molecule has 0 fully saturated rings. The lowest BCUT2D eigenvalue weighted by Crippen LogP contribution is -2.04. The van der Waals surface area contributed by atoms with E-state index < -0.39 is 11.7 Å². The van der Waals surface area contributed by atoms with Gasteiger partial charge in [0.1, 0.15) is 0 Å². The Hall–Kier alpha value is -2.55. The Morgan fingerprint density at radius 3 is 1.65 bits per heavy atom. The third-order valence-electron chi connectivity index (χ3n) is 3.94. The van der Waals surface area contributed by atoms with Crippen LogP contribution in [0.2, 0.25) is 0 Å². The molecular formula is C20H15F3. The molecule has 0 amide bonds. The van der Waals surface area contributed by atoms with Crippen molar-refractivity contribution >= 4 is 0 Å². The van der Waals surface area contributed by atoms with Crippen LogP contribution in [0.25, 0.3) is 22.3 Å². The minimum Gasteiger partial charge on any atom is -0.166 e. The second-order valence-corrected chi connectivity index (χ2v) is 5.42. The number of hydrogen-bond donors (Lipinski definition) is 0. The topological polar surface area (TPSA) is 0 Å². The van der Waals surface area contributed by atoms with E-state index in [9.17, 15) is 13.2 Å². The maximum Gasteiger partial charge on any atom is 0.416 e. The first-order chi connectivity index (χ1) is 11.0. The summed E-state index contributed by atoms with van der Waals surface area (Å²) in [4.78, 5) is 0. The molecule has 0 atom stereocenters. The predicted molar refractivity (Wildman–Crippen MR) is 87.1 cm³/mol. The largest absolute Gasteiger partial charge is 0.416 e. The number of hydrogen-bond acceptors (Lipinski definition) is 0. The maximum atomic E-state index is 12.7. The Labute approximate surface area is 133 Å². The molecular weight excluding hydrogens is 297 g/mol. The van der Waals surface area contributed by atoms with Crippen molar-refractivity contribution in [3.63, 3.8) is 0 Å². The van der Waals surface area contributed by atoms with Crippen LogP contribution < -0.4 is 0 Å². The molecule has 3 aromatic carbocycles. The first-order valence-electron chi connectivity index (χ1n) is 7.29. The second-order valence-electron chi connectivity index (χ2n) is 5.42. The molecule has 0 aliphatic carbocycles. The molecule has 0 bridgehead atoms. The molecule has 0 radical (unpaired) electrons. The zero-order valence-electron chi connectivity index (χ0n) is 12.6. The Morgan fingerprint density at radius 1 is 0.609 bits per heavy atom. The van der Waals surface area contributed by atoms with E-state index in [0.717, 1.165) is 39.9 Å². The Kier molecular flexibility index (Phi) is 3.95. The zero-order valence-corrected chi connectivity index (χ0v) is 12.6. The fourth-order valence-electron chi connectivity index (χ4n) is 2.72. The minimum atomic E-state index is -4.31. The number of halogens is 3. The van der Waals surface area contributed by atoms with E-state index in [1.807, 2.05) is 55.5 Å². The van der Waals surface area contributed by atoms with Crippen molar-refractivity contribution in [2.45, 2.75) is 13.1 Å². The molecule has 0 N–H and O–H groups in total. The lowest BCUT2D eigenvalue weighted by atomic mass is 9.92. The van der Waals surface area contributed by atoms with Crippen LogP contribution in [0.3, 0.4) is 0 Å². The van der Waals surface area contributed by atoms with E-state index in [1.165, 1.54) is 12.1 Å². The van der Waals surface area contributed by atoms with Crippen LogP contribution in [-0.4, -0.2) is 0 Å². The van der Waals surface area contributed by atoms with Gasteiger partial charge in [0.05, 0.1) is 5.56 Å². The fraction of sp³-hybridized carbons (Fsp3) is 0.100. The fourth-order valence-corrected chi connectivity index (χ4v) is 2.72. The van der Waals surface area contributed by atoms with Crippen LogP contribution in [0.15, 0.2) is 72.8 Å². The van der Waals surface area contributed by atoms with E-state index in [4.69, 9.17) is 0 Å². The van der Waals surface area contributed by atoms with Gasteiger partial charge in [-0.3, -0.25) is 0 Å². The monoisotopic (exact) mass is 312 g/mol. The number of rotatable bonds is 2. The van der Waals surface area contributed by atoms with Gasteiger partial charge in [0, 0.05) is 0 Å². The van der Waals surface area contributed by atoms with Crippen LogP contribution in [0.5, 0.6) is 0 Å².